The Morgan fingerprint density at radius 3 is 2.30 bits per heavy atom. The van der Waals surface area contributed by atoms with Gasteiger partial charge in [-0.15, -0.1) is 12.4 Å². The average Bonchev–Trinajstić information content (AvgIpc) is 2.36. The minimum absolute atomic E-state index is 0. The molecular formula is C17H24ClNO. The van der Waals surface area contributed by atoms with E-state index in [0.717, 1.165) is 16.3 Å². The Morgan fingerprint density at radius 2 is 1.65 bits per heavy atom. The van der Waals surface area contributed by atoms with Gasteiger partial charge in [0.2, 0.25) is 0 Å². The van der Waals surface area contributed by atoms with Crippen molar-refractivity contribution in [1.82, 2.24) is 0 Å². The van der Waals surface area contributed by atoms with Gasteiger partial charge < -0.3 is 10.8 Å². The number of fused-ring (bicyclic) bond motifs is 1. The van der Waals surface area contributed by atoms with Crippen LogP contribution in [0.1, 0.15) is 38.9 Å². The van der Waals surface area contributed by atoms with Gasteiger partial charge in [0.1, 0.15) is 0 Å². The SMILES string of the molecule is CC(C)(C)[C@@H](N)C[C@@H](O)c1cccc2ccccc12.Cl. The zero-order valence-electron chi connectivity index (χ0n) is 12.3. The van der Waals surface area contributed by atoms with Gasteiger partial charge in [-0.25, -0.2) is 0 Å². The van der Waals surface area contributed by atoms with Crippen LogP contribution in [0.3, 0.4) is 0 Å². The molecule has 0 bridgehead atoms. The monoisotopic (exact) mass is 293 g/mol. The van der Waals surface area contributed by atoms with E-state index >= 15 is 0 Å². The smallest absolute Gasteiger partial charge is 0.0811 e. The second-order valence-corrected chi connectivity index (χ2v) is 6.29. The van der Waals surface area contributed by atoms with Crippen LogP contribution in [-0.4, -0.2) is 11.1 Å². The van der Waals surface area contributed by atoms with Gasteiger partial charge in [-0.2, -0.15) is 0 Å². The Balaban J connectivity index is 0.00000200. The normalized spacial score (nSPS) is 14.7. The fourth-order valence-electron chi connectivity index (χ4n) is 2.26. The van der Waals surface area contributed by atoms with E-state index < -0.39 is 6.10 Å². The molecule has 0 aliphatic carbocycles. The van der Waals surface area contributed by atoms with Crippen molar-refractivity contribution in [2.75, 3.05) is 0 Å². The third-order valence-corrected chi connectivity index (χ3v) is 3.77. The molecule has 20 heavy (non-hydrogen) atoms. The van der Waals surface area contributed by atoms with Crippen LogP contribution in [-0.2, 0) is 0 Å². The van der Waals surface area contributed by atoms with E-state index in [1.54, 1.807) is 0 Å². The first-order valence-electron chi connectivity index (χ1n) is 6.81. The molecule has 0 aromatic heterocycles. The van der Waals surface area contributed by atoms with Gasteiger partial charge in [-0.05, 0) is 28.2 Å². The van der Waals surface area contributed by atoms with E-state index in [9.17, 15) is 5.11 Å². The Morgan fingerprint density at radius 1 is 1.05 bits per heavy atom. The molecule has 0 saturated heterocycles. The molecule has 0 aliphatic heterocycles. The topological polar surface area (TPSA) is 46.2 Å². The second-order valence-electron chi connectivity index (χ2n) is 6.29. The van der Waals surface area contributed by atoms with Crippen molar-refractivity contribution in [3.05, 3.63) is 48.0 Å². The molecule has 0 amide bonds. The van der Waals surface area contributed by atoms with Crippen LogP contribution in [0, 0.1) is 5.41 Å². The Hall–Kier alpha value is -1.09. The lowest BCUT2D eigenvalue weighted by Crippen LogP contribution is -2.36. The van der Waals surface area contributed by atoms with Crippen LogP contribution in [0.2, 0.25) is 0 Å². The maximum absolute atomic E-state index is 10.5. The van der Waals surface area contributed by atoms with E-state index in [0.29, 0.717) is 6.42 Å². The van der Waals surface area contributed by atoms with Gasteiger partial charge in [-0.1, -0.05) is 63.2 Å². The summed E-state index contributed by atoms with van der Waals surface area (Å²) in [6.07, 6.45) is 0.0673. The summed E-state index contributed by atoms with van der Waals surface area (Å²) >= 11 is 0. The maximum Gasteiger partial charge on any atom is 0.0811 e. The molecule has 3 N–H and O–H groups in total. The summed E-state index contributed by atoms with van der Waals surface area (Å²) in [5.74, 6) is 0. The first-order valence-corrected chi connectivity index (χ1v) is 6.81. The molecule has 0 heterocycles. The molecule has 0 radical (unpaired) electrons. The van der Waals surface area contributed by atoms with Gasteiger partial charge >= 0.3 is 0 Å². The van der Waals surface area contributed by atoms with Gasteiger partial charge in [0, 0.05) is 6.04 Å². The average molecular weight is 294 g/mol. The first kappa shape index (κ1) is 17.0. The molecule has 2 aromatic carbocycles. The number of benzene rings is 2. The molecule has 2 aromatic rings. The molecule has 0 fully saturated rings. The summed E-state index contributed by atoms with van der Waals surface area (Å²) in [6, 6.07) is 14.1. The lowest BCUT2D eigenvalue weighted by molar-refractivity contribution is 0.134. The number of hydrogen-bond donors (Lipinski definition) is 2. The van der Waals surface area contributed by atoms with Gasteiger partial charge in [0.25, 0.3) is 0 Å². The summed E-state index contributed by atoms with van der Waals surface area (Å²) < 4.78 is 0. The van der Waals surface area contributed by atoms with Gasteiger partial charge in [0.15, 0.2) is 0 Å². The molecule has 3 heteroatoms. The number of halogens is 1. The van der Waals surface area contributed by atoms with Crippen molar-refractivity contribution in [2.45, 2.75) is 39.3 Å². The largest absolute Gasteiger partial charge is 0.388 e. The summed E-state index contributed by atoms with van der Waals surface area (Å²) in [5.41, 5.74) is 7.15. The number of aliphatic hydroxyl groups excluding tert-OH is 1. The molecule has 0 unspecified atom stereocenters. The van der Waals surface area contributed by atoms with E-state index in [4.69, 9.17) is 5.73 Å². The summed E-state index contributed by atoms with van der Waals surface area (Å²) in [6.45, 7) is 6.31. The number of aliphatic hydroxyl groups is 1. The predicted molar refractivity (Wildman–Crippen MR) is 88.2 cm³/mol. The van der Waals surface area contributed by atoms with E-state index in [1.165, 1.54) is 0 Å². The third kappa shape index (κ3) is 3.72. The Kier molecular flexibility index (Phi) is 5.58. The maximum atomic E-state index is 10.5. The Bertz CT molecular complexity index is 557. The van der Waals surface area contributed by atoms with Gasteiger partial charge in [-0.3, -0.25) is 0 Å². The van der Waals surface area contributed by atoms with Crippen molar-refractivity contribution >= 4 is 23.2 Å². The standard InChI is InChI=1S/C17H23NO.ClH/c1-17(2,3)16(18)11-15(19)14-10-6-8-12-7-4-5-9-13(12)14;/h4-10,15-16,19H,11,18H2,1-3H3;1H/t15-,16+;/m1./s1. The van der Waals surface area contributed by atoms with Crippen molar-refractivity contribution in [3.8, 4) is 0 Å². The third-order valence-electron chi connectivity index (χ3n) is 3.77. The van der Waals surface area contributed by atoms with Crippen LogP contribution in [0.15, 0.2) is 42.5 Å². The molecule has 2 nitrogen and oxygen atoms in total. The molecule has 110 valence electrons. The van der Waals surface area contributed by atoms with E-state index in [-0.39, 0.29) is 23.9 Å². The quantitative estimate of drug-likeness (QED) is 0.896. The minimum atomic E-state index is -0.514. The second kappa shape index (κ2) is 6.57. The lowest BCUT2D eigenvalue weighted by atomic mass is 9.82. The van der Waals surface area contributed by atoms with Gasteiger partial charge in [0.05, 0.1) is 6.10 Å². The molecule has 0 spiro atoms. The van der Waals surface area contributed by atoms with Crippen LogP contribution in [0.5, 0.6) is 0 Å². The number of hydrogen-bond acceptors (Lipinski definition) is 2. The van der Waals surface area contributed by atoms with Crippen molar-refractivity contribution < 1.29 is 5.11 Å². The summed E-state index contributed by atoms with van der Waals surface area (Å²) in [4.78, 5) is 0. The zero-order chi connectivity index (χ0) is 14.0. The first-order chi connectivity index (χ1) is 8.89. The number of rotatable bonds is 3. The highest BCUT2D eigenvalue weighted by atomic mass is 35.5. The van der Waals surface area contributed by atoms with E-state index in [2.05, 4.69) is 39.0 Å². The van der Waals surface area contributed by atoms with Crippen molar-refractivity contribution in [2.24, 2.45) is 11.1 Å². The molecular weight excluding hydrogens is 270 g/mol. The highest BCUT2D eigenvalue weighted by molar-refractivity contribution is 5.86. The van der Waals surface area contributed by atoms with Crippen molar-refractivity contribution in [1.29, 1.82) is 0 Å². The molecule has 2 atom stereocenters. The molecule has 0 aliphatic rings. The lowest BCUT2D eigenvalue weighted by Gasteiger charge is -2.29. The predicted octanol–water partition coefficient (Wildman–Crippen LogP) is 4.06. The minimum Gasteiger partial charge on any atom is -0.388 e. The van der Waals surface area contributed by atoms with E-state index in [1.807, 2.05) is 24.3 Å². The van der Waals surface area contributed by atoms with Crippen molar-refractivity contribution in [3.63, 3.8) is 0 Å². The molecule has 0 saturated carbocycles. The fourth-order valence-corrected chi connectivity index (χ4v) is 2.26. The highest BCUT2D eigenvalue weighted by Gasteiger charge is 2.24. The van der Waals surface area contributed by atoms with Crippen LogP contribution < -0.4 is 5.73 Å². The molecule has 2 rings (SSSR count). The van der Waals surface area contributed by atoms with Crippen LogP contribution in [0.4, 0.5) is 0 Å². The summed E-state index contributed by atoms with van der Waals surface area (Å²) in [7, 11) is 0. The highest BCUT2D eigenvalue weighted by Crippen LogP contribution is 2.30. The van der Waals surface area contributed by atoms with Crippen LogP contribution in [0.25, 0.3) is 10.8 Å². The summed E-state index contributed by atoms with van der Waals surface area (Å²) in [5, 5.41) is 12.7. The zero-order valence-corrected chi connectivity index (χ0v) is 13.2. The Labute approximate surface area is 127 Å². The fraction of sp³-hybridized carbons (Fsp3) is 0.412. The van der Waals surface area contributed by atoms with Crippen LogP contribution >= 0.6 is 12.4 Å². The number of nitrogens with two attached hydrogens (primary N) is 1.